The SMILES string of the molecule is COC(=O)c1sc(NC(=O)Cc2ccc(S(=O)(=O)N3CCCCC3)cc2)nc1C. The highest BCUT2D eigenvalue weighted by molar-refractivity contribution is 7.89. The van der Waals surface area contributed by atoms with Gasteiger partial charge in [0.25, 0.3) is 0 Å². The van der Waals surface area contributed by atoms with Crippen LogP contribution in [0, 0.1) is 6.92 Å². The Hall–Kier alpha value is -2.30. The Balaban J connectivity index is 1.64. The predicted molar refractivity (Wildman–Crippen MR) is 110 cm³/mol. The van der Waals surface area contributed by atoms with Gasteiger partial charge in [0.05, 0.1) is 24.1 Å². The van der Waals surface area contributed by atoms with Gasteiger partial charge in [0, 0.05) is 13.1 Å². The van der Waals surface area contributed by atoms with Crippen LogP contribution in [0.15, 0.2) is 29.2 Å². The van der Waals surface area contributed by atoms with E-state index in [9.17, 15) is 18.0 Å². The van der Waals surface area contributed by atoms with Gasteiger partial charge >= 0.3 is 5.97 Å². The fourth-order valence-electron chi connectivity index (χ4n) is 3.11. The quantitative estimate of drug-likeness (QED) is 0.697. The van der Waals surface area contributed by atoms with Crippen molar-refractivity contribution in [2.75, 3.05) is 25.5 Å². The zero-order valence-electron chi connectivity index (χ0n) is 16.3. The van der Waals surface area contributed by atoms with Gasteiger partial charge < -0.3 is 10.1 Å². The number of anilines is 1. The van der Waals surface area contributed by atoms with Crippen LogP contribution in [0.3, 0.4) is 0 Å². The number of thiazole rings is 1. The molecule has 10 heteroatoms. The molecule has 2 aromatic rings. The number of sulfonamides is 1. The van der Waals surface area contributed by atoms with Gasteiger partial charge in [-0.2, -0.15) is 4.31 Å². The first kappa shape index (κ1) is 21.4. The zero-order chi connectivity index (χ0) is 21.0. The summed E-state index contributed by atoms with van der Waals surface area (Å²) in [6.07, 6.45) is 2.88. The van der Waals surface area contributed by atoms with Crippen molar-refractivity contribution >= 4 is 38.4 Å². The molecule has 1 N–H and O–H groups in total. The second kappa shape index (κ2) is 9.02. The fraction of sp³-hybridized carbons (Fsp3) is 0.421. The minimum atomic E-state index is -3.49. The van der Waals surface area contributed by atoms with Crippen molar-refractivity contribution < 1.29 is 22.7 Å². The van der Waals surface area contributed by atoms with Crippen LogP contribution in [0.1, 0.15) is 40.2 Å². The lowest BCUT2D eigenvalue weighted by Crippen LogP contribution is -2.35. The van der Waals surface area contributed by atoms with Crippen LogP contribution in [0.5, 0.6) is 0 Å². The molecule has 1 aromatic heterocycles. The van der Waals surface area contributed by atoms with Gasteiger partial charge in [-0.25, -0.2) is 18.2 Å². The average Bonchev–Trinajstić information content (AvgIpc) is 3.08. The van der Waals surface area contributed by atoms with Gasteiger partial charge in [-0.05, 0) is 37.5 Å². The third-order valence-corrected chi connectivity index (χ3v) is 7.62. The smallest absolute Gasteiger partial charge is 0.350 e. The normalized spacial score (nSPS) is 15.1. The number of carbonyl (C=O) groups is 2. The molecule has 0 radical (unpaired) electrons. The minimum absolute atomic E-state index is 0.0657. The summed E-state index contributed by atoms with van der Waals surface area (Å²) in [6, 6.07) is 6.36. The molecule has 1 saturated heterocycles. The largest absolute Gasteiger partial charge is 0.465 e. The van der Waals surface area contributed by atoms with Crippen molar-refractivity contribution in [3.05, 3.63) is 40.4 Å². The lowest BCUT2D eigenvalue weighted by Gasteiger charge is -2.25. The average molecular weight is 438 g/mol. The number of hydrogen-bond donors (Lipinski definition) is 1. The van der Waals surface area contributed by atoms with E-state index in [4.69, 9.17) is 0 Å². The maximum Gasteiger partial charge on any atom is 0.350 e. The summed E-state index contributed by atoms with van der Waals surface area (Å²) in [5.41, 5.74) is 1.17. The number of carbonyl (C=O) groups excluding carboxylic acids is 2. The van der Waals surface area contributed by atoms with Crippen LogP contribution < -0.4 is 5.32 Å². The first-order chi connectivity index (χ1) is 13.8. The minimum Gasteiger partial charge on any atom is -0.465 e. The number of ether oxygens (including phenoxy) is 1. The number of rotatable bonds is 6. The van der Waals surface area contributed by atoms with E-state index in [-0.39, 0.29) is 17.2 Å². The van der Waals surface area contributed by atoms with E-state index in [0.29, 0.717) is 34.4 Å². The van der Waals surface area contributed by atoms with Gasteiger partial charge in [-0.15, -0.1) is 0 Å². The summed E-state index contributed by atoms with van der Waals surface area (Å²) in [4.78, 5) is 28.7. The predicted octanol–water partition coefficient (Wildman–Crippen LogP) is 2.59. The van der Waals surface area contributed by atoms with Crippen LogP contribution in [0.4, 0.5) is 5.13 Å². The van der Waals surface area contributed by atoms with Crippen LogP contribution in [0.25, 0.3) is 0 Å². The standard InChI is InChI=1S/C19H23N3O5S2/c1-13-17(18(24)27-2)28-19(20-13)21-16(23)12-14-6-8-15(9-7-14)29(25,26)22-10-4-3-5-11-22/h6-9H,3-5,10-12H2,1-2H3,(H,20,21,23). The summed E-state index contributed by atoms with van der Waals surface area (Å²) in [7, 11) is -2.20. The molecule has 1 aliphatic heterocycles. The highest BCUT2D eigenvalue weighted by atomic mass is 32.2. The van der Waals surface area contributed by atoms with Crippen LogP contribution >= 0.6 is 11.3 Å². The number of piperidine rings is 1. The van der Waals surface area contributed by atoms with Gasteiger partial charge in [0.1, 0.15) is 4.88 Å². The molecule has 0 aliphatic carbocycles. The number of amides is 1. The van der Waals surface area contributed by atoms with E-state index in [1.165, 1.54) is 23.5 Å². The number of esters is 1. The maximum atomic E-state index is 12.7. The number of hydrogen-bond acceptors (Lipinski definition) is 7. The first-order valence-corrected chi connectivity index (χ1v) is 11.5. The second-order valence-corrected chi connectivity index (χ2v) is 9.70. The summed E-state index contributed by atoms with van der Waals surface area (Å²) in [5, 5.41) is 2.98. The number of aromatic nitrogens is 1. The maximum absolute atomic E-state index is 12.7. The van der Waals surface area contributed by atoms with Gasteiger partial charge in [-0.1, -0.05) is 29.9 Å². The van der Waals surface area contributed by atoms with Crippen molar-refractivity contribution in [1.29, 1.82) is 0 Å². The summed E-state index contributed by atoms with van der Waals surface area (Å²) in [6.45, 7) is 2.76. The first-order valence-electron chi connectivity index (χ1n) is 9.26. The molecule has 0 unspecified atom stereocenters. The molecule has 156 valence electrons. The molecule has 0 saturated carbocycles. The molecule has 0 atom stereocenters. The third kappa shape index (κ3) is 5.01. The zero-order valence-corrected chi connectivity index (χ0v) is 17.9. The molecule has 1 aromatic carbocycles. The molecule has 2 heterocycles. The summed E-state index contributed by atoms with van der Waals surface area (Å²) in [5.74, 6) is -0.798. The van der Waals surface area contributed by atoms with Crippen molar-refractivity contribution in [1.82, 2.24) is 9.29 Å². The molecule has 3 rings (SSSR count). The van der Waals surface area contributed by atoms with Gasteiger partial charge in [0.15, 0.2) is 5.13 Å². The summed E-state index contributed by atoms with van der Waals surface area (Å²) >= 11 is 1.05. The monoisotopic (exact) mass is 437 g/mol. The van der Waals surface area contributed by atoms with E-state index in [2.05, 4.69) is 15.0 Å². The Labute approximate surface area is 173 Å². The molecular weight excluding hydrogens is 414 g/mol. The Bertz CT molecular complexity index is 993. The van der Waals surface area contributed by atoms with Crippen LogP contribution in [0.2, 0.25) is 0 Å². The van der Waals surface area contributed by atoms with E-state index >= 15 is 0 Å². The van der Waals surface area contributed by atoms with E-state index < -0.39 is 16.0 Å². The van der Waals surface area contributed by atoms with Crippen LogP contribution in [-0.2, 0) is 26.0 Å². The van der Waals surface area contributed by atoms with Gasteiger partial charge in [0.2, 0.25) is 15.9 Å². The number of nitrogens with zero attached hydrogens (tertiary/aromatic N) is 2. The number of aryl methyl sites for hydroxylation is 1. The van der Waals surface area contributed by atoms with Crippen molar-refractivity contribution in [3.8, 4) is 0 Å². The van der Waals surface area contributed by atoms with Crippen molar-refractivity contribution in [2.24, 2.45) is 0 Å². The second-order valence-electron chi connectivity index (χ2n) is 6.76. The highest BCUT2D eigenvalue weighted by Gasteiger charge is 2.25. The Morgan fingerprint density at radius 3 is 2.45 bits per heavy atom. The van der Waals surface area contributed by atoms with Gasteiger partial charge in [-0.3, -0.25) is 4.79 Å². The molecule has 1 amide bonds. The lowest BCUT2D eigenvalue weighted by molar-refractivity contribution is -0.115. The Morgan fingerprint density at radius 2 is 1.83 bits per heavy atom. The molecular formula is C19H23N3O5S2. The number of methoxy groups -OCH3 is 1. The van der Waals surface area contributed by atoms with Crippen LogP contribution in [-0.4, -0.2) is 49.8 Å². The van der Waals surface area contributed by atoms with E-state index in [1.54, 1.807) is 19.1 Å². The number of nitrogens with one attached hydrogen (secondary N) is 1. The molecule has 0 bridgehead atoms. The molecule has 1 aliphatic rings. The molecule has 29 heavy (non-hydrogen) atoms. The highest BCUT2D eigenvalue weighted by Crippen LogP contribution is 2.24. The fourth-order valence-corrected chi connectivity index (χ4v) is 5.53. The molecule has 0 spiro atoms. The van der Waals surface area contributed by atoms with E-state index in [1.807, 2.05) is 0 Å². The van der Waals surface area contributed by atoms with Crippen molar-refractivity contribution in [2.45, 2.75) is 37.5 Å². The third-order valence-electron chi connectivity index (χ3n) is 4.65. The molecule has 8 nitrogen and oxygen atoms in total. The number of benzene rings is 1. The topological polar surface area (TPSA) is 106 Å². The lowest BCUT2D eigenvalue weighted by atomic mass is 10.1. The summed E-state index contributed by atoms with van der Waals surface area (Å²) < 4.78 is 31.6. The Morgan fingerprint density at radius 1 is 1.17 bits per heavy atom. The Kier molecular flexibility index (Phi) is 6.66. The van der Waals surface area contributed by atoms with E-state index in [0.717, 1.165) is 30.6 Å². The van der Waals surface area contributed by atoms with Crippen molar-refractivity contribution in [3.63, 3.8) is 0 Å². The molecule has 1 fully saturated rings.